The molecule has 3 rings (SSSR count). The van der Waals surface area contributed by atoms with Crippen LogP contribution in [-0.2, 0) is 6.54 Å². The van der Waals surface area contributed by atoms with Crippen LogP contribution in [0.2, 0.25) is 0 Å². The summed E-state index contributed by atoms with van der Waals surface area (Å²) in [7, 11) is 2.10. The third-order valence-corrected chi connectivity index (χ3v) is 5.31. The van der Waals surface area contributed by atoms with Crippen LogP contribution in [-0.4, -0.2) is 35.7 Å². The summed E-state index contributed by atoms with van der Waals surface area (Å²) < 4.78 is 13.7. The number of rotatable bonds is 7. The summed E-state index contributed by atoms with van der Waals surface area (Å²) in [4.78, 5) is 6.26. The van der Waals surface area contributed by atoms with E-state index < -0.39 is 5.95 Å². The van der Waals surface area contributed by atoms with E-state index in [0.29, 0.717) is 23.0 Å². The summed E-state index contributed by atoms with van der Waals surface area (Å²) in [6, 6.07) is 13.4. The maximum atomic E-state index is 13.7. The summed E-state index contributed by atoms with van der Waals surface area (Å²) in [6.45, 7) is 14.3. The molecule has 0 bridgehead atoms. The Bertz CT molecular complexity index is 919. The number of hydrogen-bond donors (Lipinski definition) is 4. The summed E-state index contributed by atoms with van der Waals surface area (Å²) >= 11 is 0. The van der Waals surface area contributed by atoms with Crippen LogP contribution in [0.1, 0.15) is 42.6 Å². The molecule has 1 aliphatic heterocycles. The number of halogens is 1. The molecule has 0 radical (unpaired) electrons. The summed E-state index contributed by atoms with van der Waals surface area (Å²) in [6.07, 6.45) is 5.05. The quantitative estimate of drug-likeness (QED) is 0.209. The summed E-state index contributed by atoms with van der Waals surface area (Å²) in [5.74, 6) is -0.484. The Morgan fingerprint density at radius 3 is 2.47 bits per heavy atom. The van der Waals surface area contributed by atoms with E-state index in [0.717, 1.165) is 24.2 Å². The van der Waals surface area contributed by atoms with Crippen LogP contribution >= 0.6 is 0 Å². The average molecular weight is 475 g/mol. The van der Waals surface area contributed by atoms with Crippen LogP contribution in [0.5, 0.6) is 0 Å². The van der Waals surface area contributed by atoms with Crippen molar-refractivity contribution in [1.82, 2.24) is 15.2 Å². The molecular weight excluding hydrogens is 438 g/mol. The number of pyridine rings is 1. The van der Waals surface area contributed by atoms with E-state index in [1.54, 1.807) is 12.1 Å². The van der Waals surface area contributed by atoms with Crippen molar-refractivity contribution in [3.05, 3.63) is 96.7 Å². The van der Waals surface area contributed by atoms with E-state index in [1.165, 1.54) is 12.6 Å². The third-order valence-electron chi connectivity index (χ3n) is 5.31. The first-order valence-corrected chi connectivity index (χ1v) is 10.8. The van der Waals surface area contributed by atoms with E-state index in [9.17, 15) is 4.39 Å². The molecule has 6 nitrogen and oxygen atoms in total. The van der Waals surface area contributed by atoms with Gasteiger partial charge in [0.1, 0.15) is 0 Å². The fourth-order valence-electron chi connectivity index (χ4n) is 3.49. The SMILES string of the molecule is C=C(NC(C)c1ccc(CN)c(F)n1)C1CCCN1C.N=C/C=C(\N)c1ccccc1.[CH-]=C.[Na+]. The van der Waals surface area contributed by atoms with Crippen molar-refractivity contribution < 1.29 is 33.9 Å². The second-order valence-corrected chi connectivity index (χ2v) is 7.57. The zero-order valence-corrected chi connectivity index (χ0v) is 22.6. The van der Waals surface area contributed by atoms with Crippen molar-refractivity contribution in [1.29, 1.82) is 5.41 Å². The van der Waals surface area contributed by atoms with E-state index in [4.69, 9.17) is 16.9 Å². The van der Waals surface area contributed by atoms with Crippen LogP contribution < -0.4 is 46.3 Å². The summed E-state index contributed by atoms with van der Waals surface area (Å²) in [5, 5.41) is 10.1. The van der Waals surface area contributed by atoms with E-state index in [-0.39, 0.29) is 42.1 Å². The van der Waals surface area contributed by atoms with Gasteiger partial charge in [-0.05, 0) is 51.1 Å². The molecule has 2 heterocycles. The minimum absolute atomic E-state index is 0. The first kappa shape index (κ1) is 31.7. The standard InChI is InChI=1S/C15H23FN4.C9H10N2.C2H3.Na/c1-10(13-7-6-12(9-17)15(16)19-13)18-11(2)14-5-4-8-20(14)3;10-7-6-9(11)8-4-2-1-3-5-8;1-2;/h6-7,10,14,18H,2,4-5,8-9,17H2,1,3H3;1-7,10H,11H2;1H,2H2;/q;;-1;+1/b;9-6-,10-7?;;. The van der Waals surface area contributed by atoms with E-state index >= 15 is 0 Å². The monoisotopic (exact) mass is 474 g/mol. The van der Waals surface area contributed by atoms with Gasteiger partial charge in [0.15, 0.2) is 0 Å². The number of nitrogens with one attached hydrogen (secondary N) is 2. The van der Waals surface area contributed by atoms with Gasteiger partial charge >= 0.3 is 29.6 Å². The molecule has 1 saturated heterocycles. The maximum absolute atomic E-state index is 13.7. The van der Waals surface area contributed by atoms with Crippen molar-refractivity contribution in [2.75, 3.05) is 13.6 Å². The van der Waals surface area contributed by atoms with Crippen molar-refractivity contribution in [2.24, 2.45) is 11.5 Å². The molecule has 1 fully saturated rings. The van der Waals surface area contributed by atoms with Crippen LogP contribution in [0.15, 0.2) is 67.4 Å². The zero-order valence-electron chi connectivity index (χ0n) is 20.6. The minimum atomic E-state index is -0.484. The molecule has 2 atom stereocenters. The molecule has 0 amide bonds. The van der Waals surface area contributed by atoms with Crippen molar-refractivity contribution in [2.45, 2.75) is 38.4 Å². The van der Waals surface area contributed by atoms with Gasteiger partial charge in [-0.25, -0.2) is 4.98 Å². The van der Waals surface area contributed by atoms with Gasteiger partial charge in [0.25, 0.3) is 0 Å². The number of hydrogen-bond acceptors (Lipinski definition) is 6. The minimum Gasteiger partial charge on any atom is -0.521 e. The fourth-order valence-corrected chi connectivity index (χ4v) is 3.49. The average Bonchev–Trinajstić information content (AvgIpc) is 3.27. The third kappa shape index (κ3) is 9.91. The van der Waals surface area contributed by atoms with Gasteiger partial charge in [-0.2, -0.15) is 4.39 Å². The molecule has 0 spiro atoms. The Labute approximate surface area is 225 Å². The van der Waals surface area contributed by atoms with Crippen LogP contribution in [0.4, 0.5) is 4.39 Å². The molecule has 0 saturated carbocycles. The fraction of sp³-hybridized carbons (Fsp3) is 0.308. The number of benzene rings is 1. The van der Waals surface area contributed by atoms with E-state index in [1.807, 2.05) is 43.3 Å². The van der Waals surface area contributed by atoms with Crippen LogP contribution in [0.3, 0.4) is 0 Å². The number of allylic oxidation sites excluding steroid dienone is 1. The molecule has 2 unspecified atom stereocenters. The smallest absolute Gasteiger partial charge is 0.521 e. The van der Waals surface area contributed by atoms with Gasteiger partial charge in [0.05, 0.1) is 11.7 Å². The second kappa shape index (κ2) is 17.2. The Balaban J connectivity index is 0.000000663. The number of aromatic nitrogens is 1. The molecule has 0 aliphatic carbocycles. The number of nitrogens with two attached hydrogens (primary N) is 2. The van der Waals surface area contributed by atoms with Crippen molar-refractivity contribution >= 4 is 11.9 Å². The second-order valence-electron chi connectivity index (χ2n) is 7.57. The molecular formula is C26H36FN6Na. The Morgan fingerprint density at radius 1 is 1.32 bits per heavy atom. The normalized spacial score (nSPS) is 16.0. The molecule has 2 aromatic rings. The number of likely N-dealkylation sites (tertiary alicyclic amines) is 1. The summed E-state index contributed by atoms with van der Waals surface area (Å²) in [5.41, 5.74) is 14.7. The van der Waals surface area contributed by atoms with E-state index in [2.05, 4.69) is 42.0 Å². The predicted molar refractivity (Wildman–Crippen MR) is 136 cm³/mol. The molecule has 6 N–H and O–H groups in total. The molecule has 1 aromatic heterocycles. The van der Waals surface area contributed by atoms with Gasteiger partial charge in [-0.1, -0.05) is 43.0 Å². The Morgan fingerprint density at radius 2 is 1.97 bits per heavy atom. The molecule has 34 heavy (non-hydrogen) atoms. The Kier molecular flexibility index (Phi) is 16.0. The zero-order chi connectivity index (χ0) is 24.8. The number of nitrogens with zero attached hydrogens (tertiary/aromatic N) is 2. The molecule has 1 aliphatic rings. The van der Waals surface area contributed by atoms with Gasteiger partial charge < -0.3 is 28.8 Å². The van der Waals surface area contributed by atoms with Gasteiger partial charge in [-0.15, -0.1) is 0 Å². The first-order chi connectivity index (χ1) is 15.9. The van der Waals surface area contributed by atoms with Crippen LogP contribution in [0, 0.1) is 17.9 Å². The predicted octanol–water partition coefficient (Wildman–Crippen LogP) is 1.18. The number of likely N-dealkylation sites (N-methyl/N-ethyl adjacent to an activating group) is 1. The Hall–Kier alpha value is -2.29. The van der Waals surface area contributed by atoms with Gasteiger partial charge in [0, 0.05) is 35.8 Å². The van der Waals surface area contributed by atoms with Gasteiger partial charge in [-0.3, -0.25) is 11.5 Å². The van der Waals surface area contributed by atoms with Crippen molar-refractivity contribution in [3.63, 3.8) is 0 Å². The molecule has 8 heteroatoms. The van der Waals surface area contributed by atoms with Gasteiger partial charge in [0.2, 0.25) is 5.95 Å². The molecule has 1 aromatic carbocycles. The topological polar surface area (TPSA) is 104 Å². The molecule has 178 valence electrons. The van der Waals surface area contributed by atoms with Crippen LogP contribution in [0.25, 0.3) is 5.70 Å². The maximum Gasteiger partial charge on any atom is 1.00 e. The van der Waals surface area contributed by atoms with Crippen molar-refractivity contribution in [3.8, 4) is 0 Å². The largest absolute Gasteiger partial charge is 1.00 e. The first-order valence-electron chi connectivity index (χ1n) is 10.8.